The van der Waals surface area contributed by atoms with Gasteiger partial charge in [-0.15, -0.1) is 0 Å². The van der Waals surface area contributed by atoms with Crippen molar-refractivity contribution in [3.8, 4) is 22.9 Å². The zero-order valence-corrected chi connectivity index (χ0v) is 15.2. The van der Waals surface area contributed by atoms with Gasteiger partial charge in [-0.05, 0) is 56.4 Å². The number of aromatic nitrogens is 1. The lowest BCUT2D eigenvalue weighted by atomic mass is 9.96. The quantitative estimate of drug-likeness (QED) is 0.789. The van der Waals surface area contributed by atoms with Gasteiger partial charge in [0.2, 0.25) is 5.88 Å². The maximum absolute atomic E-state index is 14.6. The van der Waals surface area contributed by atoms with Crippen LogP contribution in [0.5, 0.6) is 11.6 Å². The monoisotopic (exact) mass is 371 g/mol. The highest BCUT2D eigenvalue weighted by Crippen LogP contribution is 2.39. The van der Waals surface area contributed by atoms with E-state index in [-0.39, 0.29) is 30.3 Å². The normalized spacial score (nSPS) is 21.4. The topological polar surface area (TPSA) is 68.7 Å². The van der Waals surface area contributed by atoms with Crippen molar-refractivity contribution in [1.29, 1.82) is 0 Å². The van der Waals surface area contributed by atoms with Crippen LogP contribution in [0.4, 0.5) is 4.39 Å². The van der Waals surface area contributed by atoms with Crippen molar-refractivity contribution in [2.45, 2.75) is 38.7 Å². The molecule has 2 saturated carbocycles. The number of aryl methyl sites for hydroxylation is 1. The zero-order chi connectivity index (χ0) is 19.0. The lowest BCUT2D eigenvalue weighted by Gasteiger charge is -2.25. The van der Waals surface area contributed by atoms with Gasteiger partial charge in [0.25, 0.3) is 0 Å². The number of aliphatic carboxylic acids is 1. The molecule has 142 valence electrons. The molecular weight excluding hydrogens is 349 g/mol. The number of hydrogen-bond donors (Lipinski definition) is 1. The number of hydrogen-bond acceptors (Lipinski definition) is 4. The van der Waals surface area contributed by atoms with Gasteiger partial charge in [-0.1, -0.05) is 6.07 Å². The average Bonchev–Trinajstić information content (AvgIpc) is 3.37. The molecule has 1 heterocycles. The standard InChI is InChI=1S/C21H22FNO4/c1-12-8-13(18-6-3-7-19(23-18)27-15-4-2-5-15)10-17(22)20(12)26-11-14-9-16(14)21(24)25/h3,6-8,10,14-16H,2,4-5,9,11H2,1H3,(H,24,25). The van der Waals surface area contributed by atoms with E-state index in [1.165, 1.54) is 12.5 Å². The molecule has 2 aliphatic rings. The first-order valence-corrected chi connectivity index (χ1v) is 9.31. The summed E-state index contributed by atoms with van der Waals surface area (Å²) in [6.45, 7) is 2.00. The van der Waals surface area contributed by atoms with E-state index in [9.17, 15) is 9.18 Å². The molecule has 1 N–H and O–H groups in total. The fraction of sp³-hybridized carbons (Fsp3) is 0.429. The predicted molar refractivity (Wildman–Crippen MR) is 97.4 cm³/mol. The van der Waals surface area contributed by atoms with Crippen LogP contribution in [0.15, 0.2) is 30.3 Å². The van der Waals surface area contributed by atoms with E-state index in [1.54, 1.807) is 6.92 Å². The smallest absolute Gasteiger partial charge is 0.306 e. The third kappa shape index (κ3) is 3.89. The van der Waals surface area contributed by atoms with Gasteiger partial charge < -0.3 is 14.6 Å². The molecule has 0 bridgehead atoms. The minimum Gasteiger partial charge on any atom is -0.490 e. The Labute approximate surface area is 157 Å². The molecule has 6 heteroatoms. The van der Waals surface area contributed by atoms with Crippen LogP contribution < -0.4 is 9.47 Å². The number of carboxylic acid groups (broad SMARTS) is 1. The molecule has 0 spiro atoms. The molecule has 5 nitrogen and oxygen atoms in total. The summed E-state index contributed by atoms with van der Waals surface area (Å²) in [5.74, 6) is -0.949. The molecule has 0 aliphatic heterocycles. The van der Waals surface area contributed by atoms with Gasteiger partial charge in [-0.25, -0.2) is 9.37 Å². The summed E-state index contributed by atoms with van der Waals surface area (Å²) in [5, 5.41) is 8.94. The number of carbonyl (C=O) groups is 1. The average molecular weight is 371 g/mol. The Bertz CT molecular complexity index is 842. The second-order valence-electron chi connectivity index (χ2n) is 7.39. The van der Waals surface area contributed by atoms with Gasteiger partial charge in [0, 0.05) is 17.5 Å². The number of benzene rings is 1. The van der Waals surface area contributed by atoms with Crippen molar-refractivity contribution < 1.29 is 23.8 Å². The number of pyridine rings is 1. The van der Waals surface area contributed by atoms with Gasteiger partial charge in [-0.2, -0.15) is 0 Å². The summed E-state index contributed by atoms with van der Waals surface area (Å²) >= 11 is 0. The highest BCUT2D eigenvalue weighted by molar-refractivity contribution is 5.73. The summed E-state index contributed by atoms with van der Waals surface area (Å²) in [7, 11) is 0. The van der Waals surface area contributed by atoms with E-state index in [2.05, 4.69) is 4.98 Å². The third-order valence-corrected chi connectivity index (χ3v) is 5.27. The molecule has 4 rings (SSSR count). The summed E-state index contributed by atoms with van der Waals surface area (Å²) < 4.78 is 26.0. The van der Waals surface area contributed by atoms with Crippen LogP contribution in [0.25, 0.3) is 11.3 Å². The fourth-order valence-corrected chi connectivity index (χ4v) is 3.29. The van der Waals surface area contributed by atoms with Gasteiger partial charge in [-0.3, -0.25) is 4.79 Å². The van der Waals surface area contributed by atoms with E-state index in [0.29, 0.717) is 29.1 Å². The van der Waals surface area contributed by atoms with Crippen LogP contribution in [0.1, 0.15) is 31.2 Å². The number of halogens is 1. The van der Waals surface area contributed by atoms with Crippen LogP contribution >= 0.6 is 0 Å². The zero-order valence-electron chi connectivity index (χ0n) is 15.2. The van der Waals surface area contributed by atoms with E-state index in [0.717, 1.165) is 12.8 Å². The molecule has 1 aromatic carbocycles. The minimum atomic E-state index is -0.814. The Morgan fingerprint density at radius 2 is 2.15 bits per heavy atom. The van der Waals surface area contributed by atoms with Crippen LogP contribution in [0.3, 0.4) is 0 Å². The van der Waals surface area contributed by atoms with Crippen molar-refractivity contribution >= 4 is 5.97 Å². The van der Waals surface area contributed by atoms with E-state index < -0.39 is 11.8 Å². The van der Waals surface area contributed by atoms with Crippen LogP contribution in [0.2, 0.25) is 0 Å². The third-order valence-electron chi connectivity index (χ3n) is 5.27. The maximum Gasteiger partial charge on any atom is 0.306 e. The predicted octanol–water partition coefficient (Wildman–Crippen LogP) is 4.23. The second kappa shape index (κ2) is 7.18. The van der Waals surface area contributed by atoms with Crippen LogP contribution in [0, 0.1) is 24.6 Å². The molecule has 0 radical (unpaired) electrons. The Kier molecular flexibility index (Phi) is 4.72. The first kappa shape index (κ1) is 17.8. The highest BCUT2D eigenvalue weighted by atomic mass is 19.1. The Morgan fingerprint density at radius 3 is 2.78 bits per heavy atom. The first-order chi connectivity index (χ1) is 13.0. The number of ether oxygens (including phenoxy) is 2. The van der Waals surface area contributed by atoms with E-state index in [4.69, 9.17) is 14.6 Å². The molecule has 0 saturated heterocycles. The van der Waals surface area contributed by atoms with Gasteiger partial charge >= 0.3 is 5.97 Å². The lowest BCUT2D eigenvalue weighted by molar-refractivity contribution is -0.138. The highest BCUT2D eigenvalue weighted by Gasteiger charge is 2.43. The molecule has 0 amide bonds. The van der Waals surface area contributed by atoms with E-state index in [1.807, 2.05) is 24.3 Å². The van der Waals surface area contributed by atoms with Crippen molar-refractivity contribution in [2.24, 2.45) is 11.8 Å². The van der Waals surface area contributed by atoms with Gasteiger partial charge in [0.1, 0.15) is 6.10 Å². The van der Waals surface area contributed by atoms with E-state index >= 15 is 0 Å². The van der Waals surface area contributed by atoms with Crippen molar-refractivity contribution in [3.05, 3.63) is 41.7 Å². The van der Waals surface area contributed by atoms with Gasteiger partial charge in [0.15, 0.2) is 11.6 Å². The van der Waals surface area contributed by atoms with Crippen molar-refractivity contribution in [1.82, 2.24) is 4.98 Å². The summed E-state index contributed by atoms with van der Waals surface area (Å²) in [4.78, 5) is 15.4. The lowest BCUT2D eigenvalue weighted by Crippen LogP contribution is -2.24. The molecule has 1 aromatic heterocycles. The molecule has 2 atom stereocenters. The number of carboxylic acids is 1. The number of nitrogens with zero attached hydrogens (tertiary/aromatic N) is 1. The Hall–Kier alpha value is -2.63. The summed E-state index contributed by atoms with van der Waals surface area (Å²) in [6.07, 6.45) is 4.11. The van der Waals surface area contributed by atoms with Crippen molar-refractivity contribution in [2.75, 3.05) is 6.61 Å². The summed E-state index contributed by atoms with van der Waals surface area (Å²) in [5.41, 5.74) is 1.96. The Balaban J connectivity index is 1.48. The van der Waals surface area contributed by atoms with Crippen LogP contribution in [-0.2, 0) is 4.79 Å². The molecule has 2 aromatic rings. The van der Waals surface area contributed by atoms with Gasteiger partial charge in [0.05, 0.1) is 18.2 Å². The summed E-state index contributed by atoms with van der Waals surface area (Å²) in [6, 6.07) is 8.73. The number of rotatable bonds is 7. The molecular formula is C21H22FNO4. The largest absolute Gasteiger partial charge is 0.490 e. The van der Waals surface area contributed by atoms with Crippen LogP contribution in [-0.4, -0.2) is 28.8 Å². The molecule has 2 fully saturated rings. The second-order valence-corrected chi connectivity index (χ2v) is 7.39. The Morgan fingerprint density at radius 1 is 1.33 bits per heavy atom. The minimum absolute atomic E-state index is 0.0389. The maximum atomic E-state index is 14.6. The molecule has 2 unspecified atom stereocenters. The van der Waals surface area contributed by atoms with Crippen molar-refractivity contribution in [3.63, 3.8) is 0 Å². The first-order valence-electron chi connectivity index (χ1n) is 9.31. The molecule has 2 aliphatic carbocycles. The SMILES string of the molecule is Cc1cc(-c2cccc(OC3CCC3)n2)cc(F)c1OCC1CC1C(=O)O. The fourth-order valence-electron chi connectivity index (χ4n) is 3.29. The molecule has 27 heavy (non-hydrogen) atoms.